The largest absolute Gasteiger partial charge is 0.455 e. The highest BCUT2D eigenvalue weighted by atomic mass is 79.9. The lowest BCUT2D eigenvalue weighted by Gasteiger charge is -2.10. The average molecular weight is 375 g/mol. The fourth-order valence-corrected chi connectivity index (χ4v) is 2.26. The van der Waals surface area contributed by atoms with Crippen molar-refractivity contribution in [1.29, 1.82) is 0 Å². The van der Waals surface area contributed by atoms with Crippen LogP contribution in [0, 0.1) is 15.9 Å². The molecule has 0 atom stereocenters. The predicted octanol–water partition coefficient (Wildman–Crippen LogP) is 4.75. The molecule has 0 spiro atoms. The van der Waals surface area contributed by atoms with Gasteiger partial charge in [-0.05, 0) is 28.1 Å². The molecular formula is C13H6BrClFNO4. The summed E-state index contributed by atoms with van der Waals surface area (Å²) in [7, 11) is 0. The molecule has 2 rings (SSSR count). The van der Waals surface area contributed by atoms with Gasteiger partial charge in [-0.1, -0.05) is 11.6 Å². The van der Waals surface area contributed by atoms with Crippen molar-refractivity contribution < 1.29 is 18.8 Å². The molecule has 0 fully saturated rings. The summed E-state index contributed by atoms with van der Waals surface area (Å²) in [6.07, 6.45) is 0.419. The number of benzene rings is 2. The monoisotopic (exact) mass is 373 g/mol. The molecule has 0 radical (unpaired) electrons. The van der Waals surface area contributed by atoms with Crippen LogP contribution in [0.3, 0.4) is 0 Å². The Hall–Kier alpha value is -1.99. The van der Waals surface area contributed by atoms with Gasteiger partial charge in [0.2, 0.25) is 0 Å². The molecule has 0 heterocycles. The van der Waals surface area contributed by atoms with E-state index >= 15 is 0 Å². The molecule has 21 heavy (non-hydrogen) atoms. The molecule has 2 aromatic carbocycles. The molecule has 5 nitrogen and oxygen atoms in total. The summed E-state index contributed by atoms with van der Waals surface area (Å²) in [5.74, 6) is -0.531. The van der Waals surface area contributed by atoms with E-state index in [1.165, 1.54) is 18.2 Å². The number of hydrogen-bond donors (Lipinski definition) is 0. The number of carbonyl (C=O) groups excluding carboxylic acids is 1. The maximum absolute atomic E-state index is 13.4. The number of rotatable bonds is 4. The SMILES string of the molecule is O=Cc1cc([N+](=O)[O-])ccc1Oc1cc(F)c(Cl)cc1Br. The van der Waals surface area contributed by atoms with E-state index in [-0.39, 0.29) is 27.8 Å². The van der Waals surface area contributed by atoms with Crippen molar-refractivity contribution in [2.75, 3.05) is 0 Å². The van der Waals surface area contributed by atoms with Crippen LogP contribution < -0.4 is 4.74 Å². The minimum absolute atomic E-state index is 0.0218. The van der Waals surface area contributed by atoms with Gasteiger partial charge >= 0.3 is 0 Å². The first-order valence-electron chi connectivity index (χ1n) is 5.48. The van der Waals surface area contributed by atoms with Gasteiger partial charge in [0.1, 0.15) is 17.3 Å². The lowest BCUT2D eigenvalue weighted by molar-refractivity contribution is -0.384. The molecule has 0 N–H and O–H groups in total. The average Bonchev–Trinajstić information content (AvgIpc) is 2.44. The van der Waals surface area contributed by atoms with Crippen LogP contribution in [0.15, 0.2) is 34.8 Å². The summed E-state index contributed by atoms with van der Waals surface area (Å²) in [4.78, 5) is 21.0. The molecule has 0 amide bonds. The van der Waals surface area contributed by atoms with Gasteiger partial charge in [-0.25, -0.2) is 4.39 Å². The van der Waals surface area contributed by atoms with E-state index in [1.807, 2.05) is 0 Å². The second kappa shape index (κ2) is 6.19. The Morgan fingerprint density at radius 3 is 2.62 bits per heavy atom. The predicted molar refractivity (Wildman–Crippen MR) is 77.7 cm³/mol. The Morgan fingerprint density at radius 2 is 2.00 bits per heavy atom. The number of carbonyl (C=O) groups is 1. The summed E-state index contributed by atoms with van der Waals surface area (Å²) in [5, 5.41) is 10.6. The minimum Gasteiger partial charge on any atom is -0.455 e. The summed E-state index contributed by atoms with van der Waals surface area (Å²) in [6, 6.07) is 5.87. The van der Waals surface area contributed by atoms with Gasteiger partial charge in [-0.3, -0.25) is 14.9 Å². The Bertz CT molecular complexity index is 738. The Balaban J connectivity index is 2.42. The third-order valence-corrected chi connectivity index (χ3v) is 3.44. The zero-order chi connectivity index (χ0) is 15.6. The van der Waals surface area contributed by atoms with E-state index in [0.717, 1.165) is 12.1 Å². The molecular weight excluding hydrogens is 369 g/mol. The lowest BCUT2D eigenvalue weighted by Crippen LogP contribution is -1.95. The van der Waals surface area contributed by atoms with Crippen LogP contribution in [0.25, 0.3) is 0 Å². The molecule has 0 aromatic heterocycles. The molecule has 0 saturated heterocycles. The summed E-state index contributed by atoms with van der Waals surface area (Å²) in [6.45, 7) is 0. The summed E-state index contributed by atoms with van der Waals surface area (Å²) < 4.78 is 19.2. The van der Waals surface area contributed by atoms with E-state index < -0.39 is 10.7 Å². The second-order valence-corrected chi connectivity index (χ2v) is 5.16. The van der Waals surface area contributed by atoms with E-state index in [9.17, 15) is 19.3 Å². The summed E-state index contributed by atoms with van der Waals surface area (Å²) in [5.41, 5.74) is -0.266. The Morgan fingerprint density at radius 1 is 1.29 bits per heavy atom. The van der Waals surface area contributed by atoms with Crippen molar-refractivity contribution in [3.63, 3.8) is 0 Å². The first kappa shape index (κ1) is 15.4. The molecule has 108 valence electrons. The van der Waals surface area contributed by atoms with E-state index in [0.29, 0.717) is 10.8 Å². The molecule has 2 aromatic rings. The van der Waals surface area contributed by atoms with Gasteiger partial charge < -0.3 is 4.74 Å². The molecule has 0 bridgehead atoms. The smallest absolute Gasteiger partial charge is 0.270 e. The van der Waals surface area contributed by atoms with Crippen LogP contribution in [-0.4, -0.2) is 11.2 Å². The molecule has 0 unspecified atom stereocenters. The van der Waals surface area contributed by atoms with E-state index in [4.69, 9.17) is 16.3 Å². The number of hydrogen-bond acceptors (Lipinski definition) is 4. The van der Waals surface area contributed by atoms with Crippen LogP contribution in [0.2, 0.25) is 5.02 Å². The number of nitrogens with zero attached hydrogens (tertiary/aromatic N) is 1. The van der Waals surface area contributed by atoms with Crippen LogP contribution in [0.1, 0.15) is 10.4 Å². The van der Waals surface area contributed by atoms with Crippen LogP contribution in [0.5, 0.6) is 11.5 Å². The number of nitro groups is 1. The molecule has 0 aliphatic heterocycles. The van der Waals surface area contributed by atoms with Crippen molar-refractivity contribution in [1.82, 2.24) is 0 Å². The summed E-state index contributed by atoms with van der Waals surface area (Å²) >= 11 is 8.76. The third kappa shape index (κ3) is 3.37. The highest BCUT2D eigenvalue weighted by Crippen LogP contribution is 2.35. The molecule has 8 heteroatoms. The van der Waals surface area contributed by atoms with Gasteiger partial charge in [0.25, 0.3) is 5.69 Å². The second-order valence-electron chi connectivity index (χ2n) is 3.90. The lowest BCUT2D eigenvalue weighted by atomic mass is 10.2. The van der Waals surface area contributed by atoms with Crippen molar-refractivity contribution in [3.05, 3.63) is 61.3 Å². The van der Waals surface area contributed by atoms with Gasteiger partial charge in [0.05, 0.1) is 20.0 Å². The number of non-ortho nitro benzene ring substituents is 1. The van der Waals surface area contributed by atoms with Crippen molar-refractivity contribution in [2.45, 2.75) is 0 Å². The molecule has 0 saturated carbocycles. The highest BCUT2D eigenvalue weighted by Gasteiger charge is 2.14. The Labute approximate surface area is 131 Å². The maximum Gasteiger partial charge on any atom is 0.270 e. The van der Waals surface area contributed by atoms with Crippen LogP contribution in [-0.2, 0) is 0 Å². The van der Waals surface area contributed by atoms with Gasteiger partial charge in [-0.15, -0.1) is 0 Å². The molecule has 0 aliphatic carbocycles. The fourth-order valence-electron chi connectivity index (χ4n) is 1.54. The standard InChI is InChI=1S/C13H6BrClFNO4/c14-9-4-10(15)11(16)5-13(9)21-12-2-1-8(17(19)20)3-7(12)6-18/h1-6H. The van der Waals surface area contributed by atoms with Crippen molar-refractivity contribution >= 4 is 39.5 Å². The zero-order valence-corrected chi connectivity index (χ0v) is 12.5. The fraction of sp³-hybridized carbons (Fsp3) is 0. The highest BCUT2D eigenvalue weighted by molar-refractivity contribution is 9.10. The number of aldehydes is 1. The topological polar surface area (TPSA) is 69.4 Å². The minimum atomic E-state index is -0.690. The van der Waals surface area contributed by atoms with Crippen LogP contribution in [0.4, 0.5) is 10.1 Å². The first-order valence-corrected chi connectivity index (χ1v) is 6.65. The quantitative estimate of drug-likeness (QED) is 0.335. The van der Waals surface area contributed by atoms with Crippen molar-refractivity contribution in [2.24, 2.45) is 0 Å². The van der Waals surface area contributed by atoms with E-state index in [1.54, 1.807) is 0 Å². The number of nitro benzene ring substituents is 1. The van der Waals surface area contributed by atoms with Crippen LogP contribution >= 0.6 is 27.5 Å². The zero-order valence-electron chi connectivity index (χ0n) is 10.2. The Kier molecular flexibility index (Phi) is 4.54. The van der Waals surface area contributed by atoms with Crippen molar-refractivity contribution in [3.8, 4) is 11.5 Å². The normalized spacial score (nSPS) is 10.2. The number of ether oxygens (including phenoxy) is 1. The van der Waals surface area contributed by atoms with Gasteiger partial charge in [-0.2, -0.15) is 0 Å². The van der Waals surface area contributed by atoms with Gasteiger partial charge in [0, 0.05) is 18.2 Å². The number of halogens is 3. The third-order valence-electron chi connectivity index (χ3n) is 2.53. The first-order chi connectivity index (χ1) is 9.92. The van der Waals surface area contributed by atoms with E-state index in [2.05, 4.69) is 15.9 Å². The maximum atomic E-state index is 13.4. The molecule has 0 aliphatic rings. The van der Waals surface area contributed by atoms with Gasteiger partial charge in [0.15, 0.2) is 6.29 Å².